The van der Waals surface area contributed by atoms with Gasteiger partial charge < -0.3 is 0 Å². The average molecular weight is 252 g/mol. The van der Waals surface area contributed by atoms with Crippen molar-refractivity contribution in [3.63, 3.8) is 0 Å². The minimum Gasteiger partial charge on any atom is -0.218 e. The molecule has 0 aliphatic carbocycles. The second kappa shape index (κ2) is 3.61. The van der Waals surface area contributed by atoms with Crippen molar-refractivity contribution < 1.29 is 0 Å². The second-order valence-electron chi connectivity index (χ2n) is 3.95. The quantitative estimate of drug-likeness (QED) is 0.523. The highest BCUT2D eigenvalue weighted by molar-refractivity contribution is 7.20. The highest BCUT2D eigenvalue weighted by atomic mass is 32.1. The van der Waals surface area contributed by atoms with Gasteiger partial charge in [0.05, 0.1) is 15.7 Å². The molecule has 0 bridgehead atoms. The van der Waals surface area contributed by atoms with Crippen LogP contribution in [0.4, 0.5) is 0 Å². The van der Waals surface area contributed by atoms with Gasteiger partial charge in [-0.15, -0.1) is 5.10 Å². The zero-order valence-corrected chi connectivity index (χ0v) is 10.1. The molecule has 0 radical (unpaired) electrons. The van der Waals surface area contributed by atoms with Crippen molar-refractivity contribution in [2.45, 2.75) is 0 Å². The summed E-state index contributed by atoms with van der Waals surface area (Å²) >= 11 is 1.62. The SMILES string of the molecule is c1ccc2sc(-n3nnc4ccccc43)nc2c1. The molecule has 0 saturated carbocycles. The minimum absolute atomic E-state index is 0.852. The van der Waals surface area contributed by atoms with E-state index in [1.54, 1.807) is 16.0 Å². The van der Waals surface area contributed by atoms with E-state index in [0.29, 0.717) is 0 Å². The molecule has 0 amide bonds. The molecular weight excluding hydrogens is 244 g/mol. The van der Waals surface area contributed by atoms with E-state index in [1.165, 1.54) is 0 Å². The van der Waals surface area contributed by atoms with Gasteiger partial charge in [0.25, 0.3) is 0 Å². The fourth-order valence-electron chi connectivity index (χ4n) is 1.96. The van der Waals surface area contributed by atoms with E-state index in [4.69, 9.17) is 0 Å². The molecule has 2 aromatic carbocycles. The molecule has 0 fully saturated rings. The lowest BCUT2D eigenvalue weighted by molar-refractivity contribution is 0.819. The molecule has 0 N–H and O–H groups in total. The van der Waals surface area contributed by atoms with Gasteiger partial charge in [-0.3, -0.25) is 0 Å². The molecule has 0 saturated heterocycles. The Morgan fingerprint density at radius 1 is 0.889 bits per heavy atom. The molecule has 5 heteroatoms. The van der Waals surface area contributed by atoms with Gasteiger partial charge in [-0.05, 0) is 24.3 Å². The Labute approximate surface area is 107 Å². The van der Waals surface area contributed by atoms with Gasteiger partial charge in [-0.25, -0.2) is 4.98 Å². The number of thiazole rings is 1. The third-order valence-corrected chi connectivity index (χ3v) is 3.83. The van der Waals surface area contributed by atoms with Crippen LogP contribution in [0.2, 0.25) is 0 Å². The van der Waals surface area contributed by atoms with E-state index in [0.717, 1.165) is 26.4 Å². The topological polar surface area (TPSA) is 43.6 Å². The third kappa shape index (κ3) is 1.34. The molecule has 4 aromatic rings. The molecule has 0 aliphatic heterocycles. The Bertz CT molecular complexity index is 813. The number of nitrogens with zero attached hydrogens (tertiary/aromatic N) is 4. The maximum absolute atomic E-state index is 4.58. The molecule has 18 heavy (non-hydrogen) atoms. The molecular formula is C13H8N4S. The fraction of sp³-hybridized carbons (Fsp3) is 0. The lowest BCUT2D eigenvalue weighted by Gasteiger charge is -1.94. The zero-order chi connectivity index (χ0) is 11.9. The van der Waals surface area contributed by atoms with Crippen LogP contribution in [0.25, 0.3) is 26.4 Å². The first-order chi connectivity index (χ1) is 8.92. The first kappa shape index (κ1) is 9.73. The number of fused-ring (bicyclic) bond motifs is 2. The number of hydrogen-bond donors (Lipinski definition) is 0. The highest BCUT2D eigenvalue weighted by Crippen LogP contribution is 2.25. The number of benzene rings is 2. The Kier molecular flexibility index (Phi) is 1.95. The molecule has 0 unspecified atom stereocenters. The predicted molar refractivity (Wildman–Crippen MR) is 72.0 cm³/mol. The summed E-state index contributed by atoms with van der Waals surface area (Å²) in [6.07, 6.45) is 0. The molecule has 0 spiro atoms. The number of aromatic nitrogens is 4. The van der Waals surface area contributed by atoms with Crippen LogP contribution in [0.3, 0.4) is 0 Å². The van der Waals surface area contributed by atoms with E-state index in [9.17, 15) is 0 Å². The molecule has 86 valence electrons. The van der Waals surface area contributed by atoms with E-state index in [1.807, 2.05) is 42.5 Å². The summed E-state index contributed by atoms with van der Waals surface area (Å²) in [5.74, 6) is 0. The number of rotatable bonds is 1. The van der Waals surface area contributed by atoms with E-state index < -0.39 is 0 Å². The summed E-state index contributed by atoms with van der Waals surface area (Å²) in [5, 5.41) is 9.17. The third-order valence-electron chi connectivity index (χ3n) is 2.82. The van der Waals surface area contributed by atoms with Gasteiger partial charge in [-0.2, -0.15) is 4.68 Å². The van der Waals surface area contributed by atoms with Crippen molar-refractivity contribution in [3.05, 3.63) is 48.5 Å². The van der Waals surface area contributed by atoms with Crippen LogP contribution in [0, 0.1) is 0 Å². The normalized spacial score (nSPS) is 11.3. The van der Waals surface area contributed by atoms with Gasteiger partial charge in [0.1, 0.15) is 5.52 Å². The van der Waals surface area contributed by atoms with Gasteiger partial charge in [-0.1, -0.05) is 40.8 Å². The van der Waals surface area contributed by atoms with Crippen LogP contribution < -0.4 is 0 Å². The Morgan fingerprint density at radius 2 is 1.67 bits per heavy atom. The monoisotopic (exact) mass is 252 g/mol. The molecule has 0 aliphatic rings. The van der Waals surface area contributed by atoms with Crippen molar-refractivity contribution in [3.8, 4) is 5.13 Å². The Morgan fingerprint density at radius 3 is 2.56 bits per heavy atom. The summed E-state index contributed by atoms with van der Waals surface area (Å²) in [5.41, 5.74) is 2.87. The maximum atomic E-state index is 4.58. The van der Waals surface area contributed by atoms with E-state index >= 15 is 0 Å². The summed E-state index contributed by atoms with van der Waals surface area (Å²) < 4.78 is 2.95. The predicted octanol–water partition coefficient (Wildman–Crippen LogP) is 3.03. The summed E-state index contributed by atoms with van der Waals surface area (Å²) in [6.45, 7) is 0. The standard InChI is InChI=1S/C13H8N4S/c1-3-7-11-9(5-1)15-16-17(11)13-14-10-6-2-4-8-12(10)18-13/h1-8H. The number of para-hydroxylation sites is 2. The highest BCUT2D eigenvalue weighted by Gasteiger charge is 2.10. The molecule has 2 aromatic heterocycles. The smallest absolute Gasteiger partial charge is 0.213 e. The van der Waals surface area contributed by atoms with Crippen LogP contribution in [0.1, 0.15) is 0 Å². The van der Waals surface area contributed by atoms with E-state index in [-0.39, 0.29) is 0 Å². The Hall–Kier alpha value is -2.27. The zero-order valence-electron chi connectivity index (χ0n) is 9.32. The van der Waals surface area contributed by atoms with Crippen LogP contribution in [0.15, 0.2) is 48.5 Å². The average Bonchev–Trinajstić information content (AvgIpc) is 3.02. The van der Waals surface area contributed by atoms with Crippen molar-refractivity contribution in [2.24, 2.45) is 0 Å². The van der Waals surface area contributed by atoms with Crippen molar-refractivity contribution in [2.75, 3.05) is 0 Å². The number of hydrogen-bond acceptors (Lipinski definition) is 4. The first-order valence-electron chi connectivity index (χ1n) is 5.58. The second-order valence-corrected chi connectivity index (χ2v) is 4.96. The molecule has 0 atom stereocenters. The van der Waals surface area contributed by atoms with Crippen LogP contribution in [0.5, 0.6) is 0 Å². The summed E-state index contributed by atoms with van der Waals surface area (Å²) in [7, 11) is 0. The fourth-order valence-corrected chi connectivity index (χ4v) is 2.89. The van der Waals surface area contributed by atoms with Gasteiger partial charge >= 0.3 is 0 Å². The van der Waals surface area contributed by atoms with Crippen LogP contribution >= 0.6 is 11.3 Å². The van der Waals surface area contributed by atoms with E-state index in [2.05, 4.69) is 21.4 Å². The minimum atomic E-state index is 0.852. The van der Waals surface area contributed by atoms with Gasteiger partial charge in [0, 0.05) is 0 Å². The molecule has 4 rings (SSSR count). The lowest BCUT2D eigenvalue weighted by Crippen LogP contribution is -1.94. The first-order valence-corrected chi connectivity index (χ1v) is 6.40. The maximum Gasteiger partial charge on any atom is 0.213 e. The van der Waals surface area contributed by atoms with Crippen LogP contribution in [-0.2, 0) is 0 Å². The van der Waals surface area contributed by atoms with Crippen molar-refractivity contribution in [1.29, 1.82) is 0 Å². The largest absolute Gasteiger partial charge is 0.218 e. The van der Waals surface area contributed by atoms with Crippen molar-refractivity contribution >= 4 is 32.6 Å². The van der Waals surface area contributed by atoms with Crippen LogP contribution in [-0.4, -0.2) is 20.0 Å². The van der Waals surface area contributed by atoms with Gasteiger partial charge in [0.2, 0.25) is 5.13 Å². The summed E-state index contributed by atoms with van der Waals surface area (Å²) in [6, 6.07) is 16.0. The van der Waals surface area contributed by atoms with Gasteiger partial charge in [0.15, 0.2) is 0 Å². The molecule has 4 nitrogen and oxygen atoms in total. The molecule has 2 heterocycles. The lowest BCUT2D eigenvalue weighted by atomic mass is 10.3. The summed E-state index contributed by atoms with van der Waals surface area (Å²) in [4.78, 5) is 4.58. The van der Waals surface area contributed by atoms with Crippen molar-refractivity contribution in [1.82, 2.24) is 20.0 Å². The Balaban J connectivity index is 2.01.